The maximum absolute atomic E-state index is 12.9. The highest BCUT2D eigenvalue weighted by Crippen LogP contribution is 2.27. The molecule has 0 heterocycles. The number of halogens is 3. The molecule has 3 aromatic rings. The number of ether oxygens (including phenoxy) is 1. The van der Waals surface area contributed by atoms with Crippen LogP contribution in [0.2, 0.25) is 10.0 Å². The van der Waals surface area contributed by atoms with Crippen LogP contribution in [0.4, 0.5) is 15.8 Å². The third kappa shape index (κ3) is 5.86. The van der Waals surface area contributed by atoms with E-state index in [9.17, 15) is 9.18 Å². The topological polar surface area (TPSA) is 50.4 Å². The van der Waals surface area contributed by atoms with Gasteiger partial charge in [0.15, 0.2) is 6.61 Å². The maximum atomic E-state index is 12.9. The standard InChI is InChI=1S/C22H19Cl2FN2O2/c1-14-18(23)3-2-4-20(14)26-12-15-5-10-21(19(24)11-15)29-13-22(28)27-17-8-6-16(25)7-9-17/h2-11,26H,12-13H2,1H3,(H,27,28). The number of carbonyl (C=O) groups excluding carboxylic acids is 1. The molecule has 0 aliphatic carbocycles. The number of anilines is 2. The molecule has 0 aromatic heterocycles. The van der Waals surface area contributed by atoms with Crippen molar-refractivity contribution in [2.45, 2.75) is 13.5 Å². The maximum Gasteiger partial charge on any atom is 0.262 e. The first-order valence-electron chi connectivity index (χ1n) is 8.88. The molecule has 3 rings (SSSR count). The Hall–Kier alpha value is -2.76. The molecule has 0 bridgehead atoms. The summed E-state index contributed by atoms with van der Waals surface area (Å²) in [6.07, 6.45) is 0. The smallest absolute Gasteiger partial charge is 0.262 e. The Morgan fingerprint density at radius 2 is 1.79 bits per heavy atom. The molecule has 0 atom stereocenters. The van der Waals surface area contributed by atoms with Crippen LogP contribution in [0.5, 0.6) is 5.75 Å². The summed E-state index contributed by atoms with van der Waals surface area (Å²) in [4.78, 5) is 12.0. The SMILES string of the molecule is Cc1c(Cl)cccc1NCc1ccc(OCC(=O)Nc2ccc(F)cc2)c(Cl)c1. The molecule has 0 spiro atoms. The average Bonchev–Trinajstić information content (AvgIpc) is 2.70. The molecule has 4 nitrogen and oxygen atoms in total. The van der Waals surface area contributed by atoms with E-state index in [1.807, 2.05) is 31.2 Å². The average molecular weight is 433 g/mol. The minimum Gasteiger partial charge on any atom is -0.482 e. The molecule has 2 N–H and O–H groups in total. The van der Waals surface area contributed by atoms with E-state index in [0.717, 1.165) is 16.8 Å². The van der Waals surface area contributed by atoms with Gasteiger partial charge in [0.1, 0.15) is 11.6 Å². The highest BCUT2D eigenvalue weighted by atomic mass is 35.5. The van der Waals surface area contributed by atoms with E-state index in [1.54, 1.807) is 12.1 Å². The van der Waals surface area contributed by atoms with Crippen LogP contribution in [0, 0.1) is 12.7 Å². The lowest BCUT2D eigenvalue weighted by molar-refractivity contribution is -0.118. The van der Waals surface area contributed by atoms with Gasteiger partial charge < -0.3 is 15.4 Å². The number of hydrogen-bond acceptors (Lipinski definition) is 3. The number of amides is 1. The van der Waals surface area contributed by atoms with Crippen molar-refractivity contribution in [1.82, 2.24) is 0 Å². The second-order valence-corrected chi connectivity index (χ2v) is 7.19. The Balaban J connectivity index is 1.54. The van der Waals surface area contributed by atoms with E-state index in [2.05, 4.69) is 10.6 Å². The predicted octanol–water partition coefficient (Wildman–Crippen LogP) is 6.07. The highest BCUT2D eigenvalue weighted by Gasteiger charge is 2.08. The fraction of sp³-hybridized carbons (Fsp3) is 0.136. The van der Waals surface area contributed by atoms with Crippen molar-refractivity contribution in [3.8, 4) is 5.75 Å². The van der Waals surface area contributed by atoms with Crippen molar-refractivity contribution in [2.24, 2.45) is 0 Å². The molecule has 0 aliphatic heterocycles. The molecule has 0 saturated carbocycles. The van der Waals surface area contributed by atoms with Crippen LogP contribution in [-0.4, -0.2) is 12.5 Å². The van der Waals surface area contributed by atoms with Crippen molar-refractivity contribution in [3.05, 3.63) is 87.7 Å². The number of nitrogens with one attached hydrogen (secondary N) is 2. The summed E-state index contributed by atoms with van der Waals surface area (Å²) in [6, 6.07) is 16.5. The first kappa shape index (κ1) is 21.0. The summed E-state index contributed by atoms with van der Waals surface area (Å²) in [7, 11) is 0. The minimum atomic E-state index is -0.369. The Bertz CT molecular complexity index is 1010. The van der Waals surface area contributed by atoms with Crippen molar-refractivity contribution < 1.29 is 13.9 Å². The third-order valence-electron chi connectivity index (χ3n) is 4.23. The van der Waals surface area contributed by atoms with Gasteiger partial charge in [0.25, 0.3) is 5.91 Å². The molecule has 0 saturated heterocycles. The number of benzene rings is 3. The number of hydrogen-bond donors (Lipinski definition) is 2. The molecular weight excluding hydrogens is 414 g/mol. The molecular formula is C22H19Cl2FN2O2. The Morgan fingerprint density at radius 3 is 2.52 bits per heavy atom. The lowest BCUT2D eigenvalue weighted by atomic mass is 10.1. The zero-order valence-electron chi connectivity index (χ0n) is 15.6. The summed E-state index contributed by atoms with van der Waals surface area (Å²) in [5, 5.41) is 7.06. The number of rotatable bonds is 7. The van der Waals surface area contributed by atoms with Gasteiger partial charge in [-0.2, -0.15) is 0 Å². The zero-order chi connectivity index (χ0) is 20.8. The lowest BCUT2D eigenvalue weighted by Crippen LogP contribution is -2.20. The predicted molar refractivity (Wildman–Crippen MR) is 115 cm³/mol. The molecule has 3 aromatic carbocycles. The molecule has 1 amide bonds. The van der Waals surface area contributed by atoms with Crippen molar-refractivity contribution in [2.75, 3.05) is 17.2 Å². The summed E-state index contributed by atoms with van der Waals surface area (Å²) in [5.74, 6) is -0.329. The Labute approximate surface area is 178 Å². The number of carbonyl (C=O) groups is 1. The van der Waals surface area contributed by atoms with E-state index in [4.69, 9.17) is 27.9 Å². The fourth-order valence-electron chi connectivity index (χ4n) is 2.64. The molecule has 0 fully saturated rings. The largest absolute Gasteiger partial charge is 0.482 e. The zero-order valence-corrected chi connectivity index (χ0v) is 17.1. The summed E-state index contributed by atoms with van der Waals surface area (Å²) in [6.45, 7) is 2.30. The van der Waals surface area contributed by atoms with Crippen molar-refractivity contribution in [3.63, 3.8) is 0 Å². The van der Waals surface area contributed by atoms with E-state index < -0.39 is 0 Å². The van der Waals surface area contributed by atoms with E-state index >= 15 is 0 Å². The summed E-state index contributed by atoms with van der Waals surface area (Å²) in [5.41, 5.74) is 3.38. The lowest BCUT2D eigenvalue weighted by Gasteiger charge is -2.12. The molecule has 7 heteroatoms. The van der Waals surface area contributed by atoms with Gasteiger partial charge in [0.05, 0.1) is 5.02 Å². The van der Waals surface area contributed by atoms with Crippen LogP contribution in [0.1, 0.15) is 11.1 Å². The first-order chi connectivity index (χ1) is 13.9. The van der Waals surface area contributed by atoms with Crippen LogP contribution in [-0.2, 0) is 11.3 Å². The van der Waals surface area contributed by atoms with Gasteiger partial charge in [-0.3, -0.25) is 4.79 Å². The van der Waals surface area contributed by atoms with Gasteiger partial charge in [0, 0.05) is 22.9 Å². The minimum absolute atomic E-state index is 0.212. The van der Waals surface area contributed by atoms with Gasteiger partial charge in [-0.1, -0.05) is 35.3 Å². The normalized spacial score (nSPS) is 10.5. The van der Waals surface area contributed by atoms with E-state index in [-0.39, 0.29) is 18.3 Å². The Kier molecular flexibility index (Phi) is 6.96. The molecule has 0 unspecified atom stereocenters. The molecule has 29 heavy (non-hydrogen) atoms. The van der Waals surface area contributed by atoms with Crippen LogP contribution >= 0.6 is 23.2 Å². The monoisotopic (exact) mass is 432 g/mol. The van der Waals surface area contributed by atoms with E-state index in [0.29, 0.717) is 28.0 Å². The van der Waals surface area contributed by atoms with Gasteiger partial charge in [-0.25, -0.2) is 4.39 Å². The quantitative estimate of drug-likeness (QED) is 0.476. The van der Waals surface area contributed by atoms with Crippen molar-refractivity contribution in [1.29, 1.82) is 0 Å². The summed E-state index contributed by atoms with van der Waals surface area (Å²) >= 11 is 12.4. The van der Waals surface area contributed by atoms with E-state index in [1.165, 1.54) is 24.3 Å². The van der Waals surface area contributed by atoms with Crippen LogP contribution in [0.3, 0.4) is 0 Å². The van der Waals surface area contributed by atoms with Gasteiger partial charge >= 0.3 is 0 Å². The third-order valence-corrected chi connectivity index (χ3v) is 4.94. The molecule has 0 aliphatic rings. The Morgan fingerprint density at radius 1 is 1.03 bits per heavy atom. The second-order valence-electron chi connectivity index (χ2n) is 6.37. The molecule has 150 valence electrons. The van der Waals surface area contributed by atoms with Crippen LogP contribution in [0.15, 0.2) is 60.7 Å². The fourth-order valence-corrected chi connectivity index (χ4v) is 3.07. The first-order valence-corrected chi connectivity index (χ1v) is 9.63. The van der Waals surface area contributed by atoms with Crippen LogP contribution < -0.4 is 15.4 Å². The summed E-state index contributed by atoms with van der Waals surface area (Å²) < 4.78 is 18.4. The van der Waals surface area contributed by atoms with Gasteiger partial charge in [-0.05, 0) is 66.6 Å². The van der Waals surface area contributed by atoms with Gasteiger partial charge in [0.2, 0.25) is 0 Å². The molecule has 0 radical (unpaired) electrons. The highest BCUT2D eigenvalue weighted by molar-refractivity contribution is 6.32. The second kappa shape index (κ2) is 9.63. The van der Waals surface area contributed by atoms with Crippen molar-refractivity contribution >= 4 is 40.5 Å². The van der Waals surface area contributed by atoms with Crippen LogP contribution in [0.25, 0.3) is 0 Å². The van der Waals surface area contributed by atoms with Gasteiger partial charge in [-0.15, -0.1) is 0 Å².